The van der Waals surface area contributed by atoms with Crippen LogP contribution in [0.1, 0.15) is 13.3 Å². The van der Waals surface area contributed by atoms with Crippen molar-refractivity contribution in [1.82, 2.24) is 0 Å². The summed E-state index contributed by atoms with van der Waals surface area (Å²) in [4.78, 5) is 0. The first-order chi connectivity index (χ1) is 3.81. The van der Waals surface area contributed by atoms with Crippen molar-refractivity contribution in [2.24, 2.45) is 0 Å². The Hall–Kier alpha value is -0.560. The number of hydrogen-bond acceptors (Lipinski definition) is 1. The van der Waals surface area contributed by atoms with Crippen molar-refractivity contribution >= 4 is 0 Å². The lowest BCUT2D eigenvalue weighted by molar-refractivity contribution is 0.227. The van der Waals surface area contributed by atoms with Gasteiger partial charge in [0.15, 0.2) is 0 Å². The normalized spacial score (nSPS) is 14.2. The molecule has 8 heavy (non-hydrogen) atoms. The van der Waals surface area contributed by atoms with Crippen LogP contribution in [0.3, 0.4) is 0 Å². The largest absolute Gasteiger partial charge is 0.389 e. The first kappa shape index (κ1) is 7.44. The van der Waals surface area contributed by atoms with Gasteiger partial charge in [0, 0.05) is 0 Å². The molecule has 0 spiro atoms. The highest BCUT2D eigenvalue weighted by molar-refractivity contribution is 4.89. The van der Waals surface area contributed by atoms with Crippen molar-refractivity contribution in [3.05, 3.63) is 24.8 Å². The summed E-state index contributed by atoms with van der Waals surface area (Å²) >= 11 is 0. The highest BCUT2D eigenvalue weighted by atomic mass is 16.3. The fraction of sp³-hybridized carbons (Fsp3) is 0.429. The maximum atomic E-state index is 8.89. The second kappa shape index (κ2) is 4.60. The molecule has 0 aromatic rings. The molecule has 0 rings (SSSR count). The van der Waals surface area contributed by atoms with Crippen molar-refractivity contribution in [3.8, 4) is 0 Å². The van der Waals surface area contributed by atoms with E-state index < -0.39 is 0 Å². The lowest BCUT2D eigenvalue weighted by Gasteiger charge is -1.96. The van der Waals surface area contributed by atoms with Gasteiger partial charge in [0.2, 0.25) is 0 Å². The van der Waals surface area contributed by atoms with Gasteiger partial charge in [0.05, 0.1) is 6.10 Å². The molecule has 1 heteroatoms. The summed E-state index contributed by atoms with van der Waals surface area (Å²) in [5, 5.41) is 8.89. The molecule has 0 radical (unpaired) electrons. The molecule has 0 fully saturated rings. The molecule has 0 aromatic heterocycles. The average molecular weight is 112 g/mol. The van der Waals surface area contributed by atoms with Gasteiger partial charge in [0.1, 0.15) is 0 Å². The summed E-state index contributed by atoms with van der Waals surface area (Å²) in [6.45, 7) is 5.37. The minimum Gasteiger partial charge on any atom is -0.389 e. The molecule has 0 aliphatic heterocycles. The van der Waals surface area contributed by atoms with E-state index in [4.69, 9.17) is 5.11 Å². The van der Waals surface area contributed by atoms with Crippen molar-refractivity contribution in [2.75, 3.05) is 0 Å². The zero-order valence-corrected chi connectivity index (χ0v) is 5.17. The fourth-order valence-electron chi connectivity index (χ4n) is 0.471. The van der Waals surface area contributed by atoms with Gasteiger partial charge in [0.25, 0.3) is 0 Å². The summed E-state index contributed by atoms with van der Waals surface area (Å²) in [5.74, 6) is 0. The smallest absolute Gasteiger partial charge is 0.0755 e. The second-order valence-electron chi connectivity index (χ2n) is 1.62. The van der Waals surface area contributed by atoms with Crippen LogP contribution in [0.2, 0.25) is 0 Å². The molecule has 0 saturated heterocycles. The first-order valence-corrected chi connectivity index (χ1v) is 2.73. The average Bonchev–Trinajstić information content (AvgIpc) is 1.68. The van der Waals surface area contributed by atoms with Gasteiger partial charge in [-0.2, -0.15) is 0 Å². The number of aliphatic hydroxyl groups is 1. The zero-order chi connectivity index (χ0) is 6.41. The Labute approximate surface area is 50.3 Å². The molecule has 0 bridgehead atoms. The van der Waals surface area contributed by atoms with E-state index in [-0.39, 0.29) is 6.10 Å². The van der Waals surface area contributed by atoms with Crippen molar-refractivity contribution in [2.45, 2.75) is 19.4 Å². The van der Waals surface area contributed by atoms with Crippen molar-refractivity contribution in [3.63, 3.8) is 0 Å². The van der Waals surface area contributed by atoms with E-state index in [1.807, 2.05) is 13.0 Å². The van der Waals surface area contributed by atoms with Gasteiger partial charge >= 0.3 is 0 Å². The Morgan fingerprint density at radius 2 is 2.38 bits per heavy atom. The van der Waals surface area contributed by atoms with E-state index in [1.165, 1.54) is 0 Å². The summed E-state index contributed by atoms with van der Waals surface area (Å²) in [5.41, 5.74) is 0. The molecule has 0 aliphatic rings. The van der Waals surface area contributed by atoms with Crippen LogP contribution in [-0.2, 0) is 0 Å². The predicted molar refractivity (Wildman–Crippen MR) is 35.6 cm³/mol. The number of hydrogen-bond donors (Lipinski definition) is 1. The molecule has 0 saturated carbocycles. The molecule has 1 nitrogen and oxygen atoms in total. The Morgan fingerprint density at radius 3 is 2.75 bits per heavy atom. The first-order valence-electron chi connectivity index (χ1n) is 2.73. The standard InChI is InChI=1S/C7H12O/c1-3-5-7(8)6-4-2/h3-4,6-8H,1,5H2,2H3. The highest BCUT2D eigenvalue weighted by Crippen LogP contribution is 1.92. The third-order valence-corrected chi connectivity index (χ3v) is 0.823. The molecule has 1 N–H and O–H groups in total. The highest BCUT2D eigenvalue weighted by Gasteiger charge is 1.90. The molecule has 1 atom stereocenters. The third kappa shape index (κ3) is 3.62. The monoisotopic (exact) mass is 112 g/mol. The van der Waals surface area contributed by atoms with Crippen LogP contribution in [0.15, 0.2) is 24.8 Å². The van der Waals surface area contributed by atoms with Crippen LogP contribution in [-0.4, -0.2) is 11.2 Å². The topological polar surface area (TPSA) is 20.2 Å². The van der Waals surface area contributed by atoms with Gasteiger partial charge in [-0.25, -0.2) is 0 Å². The Bertz CT molecular complexity index is 84.4. The summed E-state index contributed by atoms with van der Waals surface area (Å²) < 4.78 is 0. The zero-order valence-electron chi connectivity index (χ0n) is 5.17. The minimum atomic E-state index is -0.336. The third-order valence-electron chi connectivity index (χ3n) is 0.823. The molecule has 0 heterocycles. The van der Waals surface area contributed by atoms with E-state index in [0.29, 0.717) is 6.42 Å². The van der Waals surface area contributed by atoms with Crippen LogP contribution < -0.4 is 0 Å². The molecule has 0 amide bonds. The van der Waals surface area contributed by atoms with E-state index in [9.17, 15) is 0 Å². The van der Waals surface area contributed by atoms with Gasteiger partial charge < -0.3 is 5.11 Å². The van der Waals surface area contributed by atoms with Crippen LogP contribution in [0.25, 0.3) is 0 Å². The second-order valence-corrected chi connectivity index (χ2v) is 1.62. The van der Waals surface area contributed by atoms with Crippen LogP contribution in [0.5, 0.6) is 0 Å². The lowest BCUT2D eigenvalue weighted by Crippen LogP contribution is -1.97. The molecular weight excluding hydrogens is 100 g/mol. The van der Waals surface area contributed by atoms with Gasteiger partial charge in [-0.15, -0.1) is 6.58 Å². The van der Waals surface area contributed by atoms with Crippen LogP contribution >= 0.6 is 0 Å². The van der Waals surface area contributed by atoms with Gasteiger partial charge in [-0.3, -0.25) is 0 Å². The van der Waals surface area contributed by atoms with E-state index in [1.54, 1.807) is 12.2 Å². The maximum Gasteiger partial charge on any atom is 0.0755 e. The van der Waals surface area contributed by atoms with E-state index >= 15 is 0 Å². The lowest BCUT2D eigenvalue weighted by atomic mass is 10.2. The maximum absolute atomic E-state index is 8.89. The Kier molecular flexibility index (Phi) is 4.27. The Morgan fingerprint density at radius 1 is 1.75 bits per heavy atom. The van der Waals surface area contributed by atoms with Gasteiger partial charge in [-0.1, -0.05) is 18.2 Å². The molecule has 0 aliphatic carbocycles. The summed E-state index contributed by atoms with van der Waals surface area (Å²) in [6.07, 6.45) is 5.57. The quantitative estimate of drug-likeness (QED) is 0.548. The summed E-state index contributed by atoms with van der Waals surface area (Å²) in [6, 6.07) is 0. The fourth-order valence-corrected chi connectivity index (χ4v) is 0.471. The number of allylic oxidation sites excluding steroid dienone is 1. The minimum absolute atomic E-state index is 0.336. The predicted octanol–water partition coefficient (Wildman–Crippen LogP) is 1.50. The van der Waals surface area contributed by atoms with Crippen molar-refractivity contribution in [1.29, 1.82) is 0 Å². The molecule has 0 aromatic carbocycles. The van der Waals surface area contributed by atoms with Gasteiger partial charge in [-0.05, 0) is 13.3 Å². The molecular formula is C7H12O. The van der Waals surface area contributed by atoms with E-state index in [0.717, 1.165) is 0 Å². The molecule has 1 unspecified atom stereocenters. The van der Waals surface area contributed by atoms with Crippen molar-refractivity contribution < 1.29 is 5.11 Å². The Balaban J connectivity index is 3.31. The molecule has 46 valence electrons. The van der Waals surface area contributed by atoms with Crippen LogP contribution in [0.4, 0.5) is 0 Å². The SMILES string of the molecule is C=CCC(O)C=CC. The van der Waals surface area contributed by atoms with E-state index in [2.05, 4.69) is 6.58 Å². The van der Waals surface area contributed by atoms with Crippen LogP contribution in [0, 0.1) is 0 Å². The number of rotatable bonds is 3. The summed E-state index contributed by atoms with van der Waals surface area (Å²) in [7, 11) is 0. The number of aliphatic hydroxyl groups excluding tert-OH is 1.